The van der Waals surface area contributed by atoms with Crippen molar-refractivity contribution >= 4 is 58.3 Å². The standard InChI is InChI=1S/C71H117Cl2N3O4S/c1-81-66-67(76-64(70(79)80)57-60-51-53-61(54-52-60)75-69(78)65-62(72)58-74-59-63(65)73)71(68(66)77)55-49-47-45-43-41-39-37-35-33-31-29-27-25-23-21-19-17-15-13-11-9-7-5-3-2-4-6-8-10-12-14-16-18-20-22-24-26-28-30-32-34-36-38-40-42-44-46-48-50-56-71/h51-54,58-59,64,76H,2-50,55-57H2,1H3,(H,75,78)(H,79,80)/t64-/m0/s1. The third-order valence-electron chi connectivity index (χ3n) is 18.1. The Bertz CT molecular complexity index is 1900. The predicted molar refractivity (Wildman–Crippen MR) is 350 cm³/mol. The van der Waals surface area contributed by atoms with E-state index in [1.807, 2.05) is 18.4 Å². The summed E-state index contributed by atoms with van der Waals surface area (Å²) in [5.41, 5.74) is 1.67. The molecule has 1 aromatic heterocycles. The number of thioether (sulfide) groups is 1. The average molecular weight is 1180 g/mol. The number of carbonyl (C=O) groups is 3. The molecule has 1 spiro atoms. The Kier molecular flexibility index (Phi) is 40.9. The molecule has 2 aliphatic carbocycles. The van der Waals surface area contributed by atoms with Gasteiger partial charge in [0.15, 0.2) is 5.78 Å². The number of benzene rings is 1. The van der Waals surface area contributed by atoms with E-state index in [9.17, 15) is 19.5 Å². The molecule has 2 aromatic rings. The molecule has 1 fully saturated rings. The molecule has 0 unspecified atom stereocenters. The molecule has 1 saturated carbocycles. The van der Waals surface area contributed by atoms with Gasteiger partial charge in [0.1, 0.15) is 6.04 Å². The Morgan fingerprint density at radius 2 is 0.753 bits per heavy atom. The molecule has 4 rings (SSSR count). The predicted octanol–water partition coefficient (Wildman–Crippen LogP) is 23.3. The number of nitrogens with one attached hydrogen (secondary N) is 2. The van der Waals surface area contributed by atoms with Crippen molar-refractivity contribution in [1.82, 2.24) is 10.3 Å². The second-order valence-corrected chi connectivity index (χ2v) is 26.6. The summed E-state index contributed by atoms with van der Waals surface area (Å²) in [6.45, 7) is 0. The van der Waals surface area contributed by atoms with E-state index in [-0.39, 0.29) is 27.8 Å². The van der Waals surface area contributed by atoms with Gasteiger partial charge in [-0.1, -0.05) is 350 Å². The van der Waals surface area contributed by atoms with Crippen LogP contribution >= 0.6 is 35.0 Å². The maximum absolute atomic E-state index is 14.3. The van der Waals surface area contributed by atoms with Crippen LogP contribution in [0.25, 0.3) is 0 Å². The van der Waals surface area contributed by atoms with Gasteiger partial charge in [0.05, 0.1) is 25.9 Å². The third-order valence-corrected chi connectivity index (χ3v) is 19.5. The monoisotopic (exact) mass is 1180 g/mol. The molecule has 1 heterocycles. The minimum atomic E-state index is -0.953. The summed E-state index contributed by atoms with van der Waals surface area (Å²) in [5.74, 6) is -1.21. The lowest BCUT2D eigenvalue weighted by Gasteiger charge is -2.45. The number of carboxylic acids is 1. The maximum Gasteiger partial charge on any atom is 0.326 e. The van der Waals surface area contributed by atoms with Crippen LogP contribution in [0.2, 0.25) is 10.0 Å². The van der Waals surface area contributed by atoms with E-state index in [4.69, 9.17) is 23.2 Å². The highest BCUT2D eigenvalue weighted by Gasteiger charge is 2.53. The summed E-state index contributed by atoms with van der Waals surface area (Å²) in [4.78, 5) is 44.9. The molecule has 7 nitrogen and oxygen atoms in total. The number of halogens is 2. The summed E-state index contributed by atoms with van der Waals surface area (Å²) in [5, 5.41) is 17.2. The first-order valence-electron chi connectivity index (χ1n) is 34.3. The summed E-state index contributed by atoms with van der Waals surface area (Å²) >= 11 is 13.9. The SMILES string of the molecule is CSC1=C(N[C@@H](Cc2ccc(NC(=O)c3c(Cl)cncc3Cl)cc2)C(=O)O)C2(CCCCCCCCCCCCCCCCCCCCCCCCCCCCCCCCCCCCCCCCCCCCCCCCCCC2)C1=O. The van der Waals surface area contributed by atoms with Gasteiger partial charge in [0, 0.05) is 30.2 Å². The number of amides is 1. The van der Waals surface area contributed by atoms with Crippen molar-refractivity contribution in [3.8, 4) is 0 Å². The highest BCUT2D eigenvalue weighted by Crippen LogP contribution is 2.52. The fourth-order valence-electron chi connectivity index (χ4n) is 12.9. The van der Waals surface area contributed by atoms with Gasteiger partial charge in [0.2, 0.25) is 0 Å². The Labute approximate surface area is 510 Å². The quantitative estimate of drug-likeness (QED) is 0.242. The molecule has 1 amide bonds. The lowest BCUT2D eigenvalue weighted by atomic mass is 9.64. The van der Waals surface area contributed by atoms with Gasteiger partial charge in [-0.3, -0.25) is 14.6 Å². The van der Waals surface area contributed by atoms with Crippen molar-refractivity contribution in [1.29, 1.82) is 0 Å². The zero-order valence-electron chi connectivity index (χ0n) is 51.6. The Balaban J connectivity index is 1.21. The number of hydrogen-bond acceptors (Lipinski definition) is 6. The van der Waals surface area contributed by atoms with Crippen LogP contribution in [0.3, 0.4) is 0 Å². The van der Waals surface area contributed by atoms with E-state index >= 15 is 0 Å². The van der Waals surface area contributed by atoms with Crippen LogP contribution in [0.4, 0.5) is 5.69 Å². The summed E-state index contributed by atoms with van der Waals surface area (Å²) in [6.07, 6.45) is 73.5. The molecule has 1 atom stereocenters. The van der Waals surface area contributed by atoms with Gasteiger partial charge in [-0.25, -0.2) is 4.79 Å². The number of carbonyl (C=O) groups excluding carboxylic acids is 2. The molecule has 81 heavy (non-hydrogen) atoms. The zero-order chi connectivity index (χ0) is 57.7. The van der Waals surface area contributed by atoms with Crippen LogP contribution < -0.4 is 10.6 Å². The Morgan fingerprint density at radius 3 is 1.01 bits per heavy atom. The number of anilines is 1. The van der Waals surface area contributed by atoms with Gasteiger partial charge in [-0.15, -0.1) is 11.8 Å². The normalized spacial score (nSPS) is 21.2. The Morgan fingerprint density at radius 1 is 0.481 bits per heavy atom. The van der Waals surface area contributed by atoms with Crippen molar-refractivity contribution in [2.45, 2.75) is 340 Å². The minimum absolute atomic E-state index is 0.145. The largest absolute Gasteiger partial charge is 0.480 e. The first-order valence-corrected chi connectivity index (χ1v) is 36.3. The number of Topliss-reactive ketones (excluding diaryl/α,β-unsaturated/α-hetero) is 1. The number of hydrogen-bond donors (Lipinski definition) is 3. The smallest absolute Gasteiger partial charge is 0.326 e. The highest BCUT2D eigenvalue weighted by molar-refractivity contribution is 8.03. The van der Waals surface area contributed by atoms with Gasteiger partial charge in [-0.2, -0.15) is 0 Å². The van der Waals surface area contributed by atoms with Crippen molar-refractivity contribution in [3.05, 3.63) is 68.4 Å². The number of carboxylic acid groups (broad SMARTS) is 1. The highest BCUT2D eigenvalue weighted by atomic mass is 35.5. The molecule has 0 aliphatic heterocycles. The number of nitrogens with zero attached hydrogens (tertiary/aromatic N) is 1. The molecular weight excluding hydrogens is 1060 g/mol. The molecule has 460 valence electrons. The molecule has 3 N–H and O–H groups in total. The molecule has 0 radical (unpaired) electrons. The summed E-state index contributed by atoms with van der Waals surface area (Å²) in [6, 6.07) is 6.25. The van der Waals surface area contributed by atoms with Crippen molar-refractivity contribution in [3.63, 3.8) is 0 Å². The summed E-state index contributed by atoms with van der Waals surface area (Å²) in [7, 11) is 0. The Hall–Kier alpha value is -2.55. The van der Waals surface area contributed by atoms with Crippen LogP contribution in [-0.4, -0.2) is 40.0 Å². The minimum Gasteiger partial charge on any atom is -0.480 e. The first-order chi connectivity index (χ1) is 39.8. The average Bonchev–Trinajstić information content (AvgIpc) is 3.58. The number of ketones is 1. The number of pyridine rings is 1. The second kappa shape index (κ2) is 46.7. The van der Waals surface area contributed by atoms with Gasteiger partial charge in [0.25, 0.3) is 5.91 Å². The first kappa shape index (κ1) is 70.9. The number of rotatable bonds is 8. The molecule has 0 saturated heterocycles. The number of aromatic nitrogens is 1. The van der Waals surface area contributed by atoms with Crippen LogP contribution in [0.1, 0.15) is 343 Å². The maximum atomic E-state index is 14.3. The topological polar surface area (TPSA) is 108 Å². The van der Waals surface area contributed by atoms with Gasteiger partial charge >= 0.3 is 5.97 Å². The van der Waals surface area contributed by atoms with E-state index in [1.54, 1.807) is 12.1 Å². The van der Waals surface area contributed by atoms with E-state index in [0.29, 0.717) is 10.6 Å². The summed E-state index contributed by atoms with van der Waals surface area (Å²) < 4.78 is 0. The van der Waals surface area contributed by atoms with Crippen LogP contribution in [0.15, 0.2) is 47.3 Å². The molecule has 0 bridgehead atoms. The van der Waals surface area contributed by atoms with Gasteiger partial charge < -0.3 is 15.7 Å². The fraction of sp³-hybridized carbons (Fsp3) is 0.775. The van der Waals surface area contributed by atoms with E-state index in [1.165, 1.54) is 313 Å². The molecule has 10 heteroatoms. The number of allylic oxidation sites excluding steroid dienone is 2. The zero-order valence-corrected chi connectivity index (χ0v) is 53.9. The van der Waals surface area contributed by atoms with Gasteiger partial charge in [-0.05, 0) is 36.8 Å². The lowest BCUT2D eigenvalue weighted by molar-refractivity contribution is -0.140. The van der Waals surface area contributed by atoms with E-state index in [0.717, 1.165) is 49.8 Å². The van der Waals surface area contributed by atoms with Crippen molar-refractivity contribution in [2.75, 3.05) is 11.6 Å². The van der Waals surface area contributed by atoms with Crippen LogP contribution in [0, 0.1) is 5.41 Å². The number of aliphatic carboxylic acids is 1. The van der Waals surface area contributed by atoms with E-state index in [2.05, 4.69) is 15.6 Å². The third kappa shape index (κ3) is 30.9. The molecular formula is C71H117Cl2N3O4S. The lowest BCUT2D eigenvalue weighted by Crippen LogP contribution is -2.53. The van der Waals surface area contributed by atoms with Crippen molar-refractivity contribution in [2.24, 2.45) is 5.41 Å². The second-order valence-electron chi connectivity index (χ2n) is 25.0. The molecule has 1 aromatic carbocycles. The van der Waals surface area contributed by atoms with Crippen LogP contribution in [0.5, 0.6) is 0 Å². The van der Waals surface area contributed by atoms with Crippen molar-refractivity contribution < 1.29 is 19.5 Å². The fourth-order valence-corrected chi connectivity index (χ4v) is 14.3. The molecule has 2 aliphatic rings. The van der Waals surface area contributed by atoms with E-state index < -0.39 is 23.3 Å². The van der Waals surface area contributed by atoms with Crippen LogP contribution in [-0.2, 0) is 16.0 Å².